The highest BCUT2D eigenvalue weighted by molar-refractivity contribution is 5.95. The Morgan fingerprint density at radius 1 is 1.44 bits per heavy atom. The molecular weight excluding hydrogens is 224 g/mol. The number of terminal acetylenes is 1. The summed E-state index contributed by atoms with van der Waals surface area (Å²) in [5.74, 6) is 2.50. The van der Waals surface area contributed by atoms with Gasteiger partial charge < -0.3 is 10.6 Å². The molecule has 0 aliphatic carbocycles. The van der Waals surface area contributed by atoms with Crippen LogP contribution in [-0.2, 0) is 6.42 Å². The normalized spacial score (nSPS) is 11.6. The molecule has 0 aliphatic heterocycles. The minimum Gasteiger partial charge on any atom is -0.349 e. The lowest BCUT2D eigenvalue weighted by Crippen LogP contribution is -2.33. The lowest BCUT2D eigenvalue weighted by molar-refractivity contribution is 0.0940. The maximum absolute atomic E-state index is 12.1. The number of carbonyl (C=O) groups excluding carboxylic acids is 1. The zero-order chi connectivity index (χ0) is 13.4. The minimum atomic E-state index is -0.0514. The monoisotopic (exact) mass is 244 g/mol. The topological polar surface area (TPSA) is 41.1 Å². The summed E-state index contributed by atoms with van der Waals surface area (Å²) in [5.41, 5.74) is 1.79. The number of benzene rings is 1. The first kappa shape index (κ1) is 14.3. The Morgan fingerprint density at radius 3 is 2.83 bits per heavy atom. The molecule has 0 fully saturated rings. The molecule has 0 radical (unpaired) electrons. The van der Waals surface area contributed by atoms with E-state index in [1.807, 2.05) is 38.2 Å². The molecule has 1 amide bonds. The summed E-state index contributed by atoms with van der Waals surface area (Å²) in [6.45, 7) is 2.76. The van der Waals surface area contributed by atoms with E-state index in [4.69, 9.17) is 6.42 Å². The third-order valence-corrected chi connectivity index (χ3v) is 2.71. The molecule has 0 bridgehead atoms. The number of hydrogen-bond acceptors (Lipinski definition) is 2. The van der Waals surface area contributed by atoms with Gasteiger partial charge in [0.15, 0.2) is 0 Å². The Balaban J connectivity index is 2.75. The van der Waals surface area contributed by atoms with E-state index in [9.17, 15) is 4.79 Å². The highest BCUT2D eigenvalue weighted by Crippen LogP contribution is 2.09. The lowest BCUT2D eigenvalue weighted by Gasteiger charge is -2.13. The predicted octanol–water partition coefficient (Wildman–Crippen LogP) is 1.59. The molecule has 18 heavy (non-hydrogen) atoms. The van der Waals surface area contributed by atoms with Gasteiger partial charge in [0.2, 0.25) is 0 Å². The summed E-state index contributed by atoms with van der Waals surface area (Å²) in [6, 6.07) is 7.66. The molecule has 1 aromatic carbocycles. The standard InChI is InChI=1S/C15H20N2O/c1-4-7-12(2)17-15(18)14-9-6-5-8-13(14)10-11-16-3/h1,5-6,8-9,12,16H,7,10-11H2,2-3H3,(H,17,18). The Morgan fingerprint density at radius 2 is 2.17 bits per heavy atom. The van der Waals surface area contributed by atoms with Crippen molar-refractivity contribution in [2.45, 2.75) is 25.8 Å². The van der Waals surface area contributed by atoms with Gasteiger partial charge in [0, 0.05) is 18.0 Å². The first-order valence-corrected chi connectivity index (χ1v) is 6.16. The number of likely N-dealkylation sites (N-methyl/N-ethyl adjacent to an activating group) is 1. The lowest BCUT2D eigenvalue weighted by atomic mass is 10.0. The minimum absolute atomic E-state index is 0.000133. The summed E-state index contributed by atoms with van der Waals surface area (Å²) >= 11 is 0. The van der Waals surface area contributed by atoms with Crippen molar-refractivity contribution in [3.05, 3.63) is 35.4 Å². The summed E-state index contributed by atoms with van der Waals surface area (Å²) in [5, 5.41) is 6.00. The van der Waals surface area contributed by atoms with E-state index in [2.05, 4.69) is 16.6 Å². The van der Waals surface area contributed by atoms with E-state index in [0.717, 1.165) is 24.1 Å². The number of rotatable bonds is 6. The molecule has 3 heteroatoms. The Labute approximate surface area is 109 Å². The SMILES string of the molecule is C#CCC(C)NC(=O)c1ccccc1CCNC. The molecule has 1 rings (SSSR count). The van der Waals surface area contributed by atoms with Crippen molar-refractivity contribution in [1.29, 1.82) is 0 Å². The van der Waals surface area contributed by atoms with Gasteiger partial charge in [0.1, 0.15) is 0 Å². The van der Waals surface area contributed by atoms with Crippen LogP contribution in [0.15, 0.2) is 24.3 Å². The molecule has 1 aromatic rings. The van der Waals surface area contributed by atoms with Gasteiger partial charge in [-0.15, -0.1) is 12.3 Å². The molecule has 96 valence electrons. The first-order valence-electron chi connectivity index (χ1n) is 6.16. The van der Waals surface area contributed by atoms with E-state index in [0.29, 0.717) is 6.42 Å². The maximum Gasteiger partial charge on any atom is 0.251 e. The van der Waals surface area contributed by atoms with Crippen LogP contribution in [0.25, 0.3) is 0 Å². The van der Waals surface area contributed by atoms with E-state index >= 15 is 0 Å². The number of carbonyl (C=O) groups is 1. The van der Waals surface area contributed by atoms with Crippen LogP contribution in [0.4, 0.5) is 0 Å². The smallest absolute Gasteiger partial charge is 0.251 e. The number of nitrogens with one attached hydrogen (secondary N) is 2. The molecule has 0 spiro atoms. The van der Waals surface area contributed by atoms with Gasteiger partial charge in [-0.25, -0.2) is 0 Å². The molecule has 2 N–H and O–H groups in total. The van der Waals surface area contributed by atoms with Crippen molar-refractivity contribution in [3.8, 4) is 12.3 Å². The average molecular weight is 244 g/mol. The highest BCUT2D eigenvalue weighted by Gasteiger charge is 2.12. The highest BCUT2D eigenvalue weighted by atomic mass is 16.1. The van der Waals surface area contributed by atoms with Crippen LogP contribution in [0.3, 0.4) is 0 Å². The quantitative estimate of drug-likeness (QED) is 0.746. The van der Waals surface area contributed by atoms with Crippen LogP contribution in [0.5, 0.6) is 0 Å². The molecule has 0 aliphatic rings. The molecule has 0 saturated heterocycles. The zero-order valence-corrected chi connectivity index (χ0v) is 11.0. The van der Waals surface area contributed by atoms with Gasteiger partial charge in [-0.05, 0) is 38.6 Å². The van der Waals surface area contributed by atoms with Crippen molar-refractivity contribution in [1.82, 2.24) is 10.6 Å². The van der Waals surface area contributed by atoms with Gasteiger partial charge in [0.25, 0.3) is 5.91 Å². The molecule has 3 nitrogen and oxygen atoms in total. The van der Waals surface area contributed by atoms with Gasteiger partial charge in [-0.2, -0.15) is 0 Å². The van der Waals surface area contributed by atoms with E-state index in [1.54, 1.807) is 0 Å². The Kier molecular flexibility index (Phi) is 5.96. The van der Waals surface area contributed by atoms with Gasteiger partial charge >= 0.3 is 0 Å². The van der Waals surface area contributed by atoms with Gasteiger partial charge in [0.05, 0.1) is 0 Å². The third kappa shape index (κ3) is 4.23. The maximum atomic E-state index is 12.1. The summed E-state index contributed by atoms with van der Waals surface area (Å²) < 4.78 is 0. The van der Waals surface area contributed by atoms with Crippen LogP contribution >= 0.6 is 0 Å². The van der Waals surface area contributed by atoms with E-state index < -0.39 is 0 Å². The van der Waals surface area contributed by atoms with Gasteiger partial charge in [-0.3, -0.25) is 4.79 Å². The predicted molar refractivity (Wildman–Crippen MR) is 74.5 cm³/mol. The zero-order valence-electron chi connectivity index (χ0n) is 11.0. The van der Waals surface area contributed by atoms with E-state index in [1.165, 1.54) is 0 Å². The summed E-state index contributed by atoms with van der Waals surface area (Å²) in [7, 11) is 1.90. The van der Waals surface area contributed by atoms with E-state index in [-0.39, 0.29) is 11.9 Å². The fourth-order valence-electron chi connectivity index (χ4n) is 1.75. The number of amides is 1. The van der Waals surface area contributed by atoms with Crippen LogP contribution < -0.4 is 10.6 Å². The van der Waals surface area contributed by atoms with Crippen molar-refractivity contribution >= 4 is 5.91 Å². The molecule has 1 unspecified atom stereocenters. The van der Waals surface area contributed by atoms with Crippen LogP contribution in [-0.4, -0.2) is 25.5 Å². The van der Waals surface area contributed by atoms with Crippen molar-refractivity contribution in [2.75, 3.05) is 13.6 Å². The molecule has 0 aromatic heterocycles. The van der Waals surface area contributed by atoms with Crippen LogP contribution in [0, 0.1) is 12.3 Å². The van der Waals surface area contributed by atoms with Gasteiger partial charge in [-0.1, -0.05) is 18.2 Å². The second-order valence-electron chi connectivity index (χ2n) is 4.29. The Hall–Kier alpha value is -1.79. The fraction of sp³-hybridized carbons (Fsp3) is 0.400. The first-order chi connectivity index (χ1) is 8.69. The second kappa shape index (κ2) is 7.52. The second-order valence-corrected chi connectivity index (χ2v) is 4.29. The third-order valence-electron chi connectivity index (χ3n) is 2.71. The van der Waals surface area contributed by atoms with Crippen molar-refractivity contribution in [2.24, 2.45) is 0 Å². The van der Waals surface area contributed by atoms with Crippen LogP contribution in [0.2, 0.25) is 0 Å². The average Bonchev–Trinajstić information content (AvgIpc) is 2.36. The largest absolute Gasteiger partial charge is 0.349 e. The van der Waals surface area contributed by atoms with Crippen molar-refractivity contribution < 1.29 is 4.79 Å². The summed E-state index contributed by atoms with van der Waals surface area (Å²) in [6.07, 6.45) is 6.61. The molecule has 1 atom stereocenters. The van der Waals surface area contributed by atoms with Crippen LogP contribution in [0.1, 0.15) is 29.3 Å². The summed E-state index contributed by atoms with van der Waals surface area (Å²) in [4.78, 5) is 12.1. The van der Waals surface area contributed by atoms with Crippen molar-refractivity contribution in [3.63, 3.8) is 0 Å². The molecule has 0 heterocycles. The molecular formula is C15H20N2O. The fourth-order valence-corrected chi connectivity index (χ4v) is 1.75. The Bertz CT molecular complexity index is 434. The number of hydrogen-bond donors (Lipinski definition) is 2. The molecule has 0 saturated carbocycles.